The minimum atomic E-state index is -0.262. The Morgan fingerprint density at radius 2 is 1.42 bits per heavy atom. The number of benzene rings is 1. The minimum Gasteiger partial charge on any atom is -0.339 e. The number of amides is 2. The molecule has 0 atom stereocenters. The van der Waals surface area contributed by atoms with Gasteiger partial charge in [-0.2, -0.15) is 0 Å². The van der Waals surface area contributed by atoms with Crippen LogP contribution < -0.4 is 0 Å². The van der Waals surface area contributed by atoms with Crippen molar-refractivity contribution < 1.29 is 14.0 Å². The zero-order chi connectivity index (χ0) is 18.9. The second-order valence-electron chi connectivity index (χ2n) is 6.66. The maximum atomic E-state index is 12.9. The SMILES string of the molecule is CCN(CC)CCC(=O)N1CCN(C(=O)CCc2ccc(F)cc2)CC1. The lowest BCUT2D eigenvalue weighted by molar-refractivity contribution is -0.139. The van der Waals surface area contributed by atoms with E-state index >= 15 is 0 Å². The molecule has 0 aliphatic carbocycles. The summed E-state index contributed by atoms with van der Waals surface area (Å²) in [6.07, 6.45) is 1.57. The van der Waals surface area contributed by atoms with Crippen molar-refractivity contribution in [3.63, 3.8) is 0 Å². The van der Waals surface area contributed by atoms with E-state index in [4.69, 9.17) is 0 Å². The van der Waals surface area contributed by atoms with Crippen molar-refractivity contribution in [2.75, 3.05) is 45.8 Å². The Bertz CT molecular complexity index is 579. The first-order valence-corrected chi connectivity index (χ1v) is 9.55. The van der Waals surface area contributed by atoms with Gasteiger partial charge in [0.2, 0.25) is 11.8 Å². The molecule has 6 heteroatoms. The maximum Gasteiger partial charge on any atom is 0.223 e. The molecule has 1 aromatic rings. The summed E-state index contributed by atoms with van der Waals surface area (Å²) >= 11 is 0. The van der Waals surface area contributed by atoms with Crippen LogP contribution in [0.3, 0.4) is 0 Å². The van der Waals surface area contributed by atoms with Crippen LogP contribution in [0.5, 0.6) is 0 Å². The van der Waals surface area contributed by atoms with Crippen LogP contribution >= 0.6 is 0 Å². The van der Waals surface area contributed by atoms with Crippen LogP contribution in [-0.4, -0.2) is 72.3 Å². The van der Waals surface area contributed by atoms with E-state index in [9.17, 15) is 14.0 Å². The second kappa shape index (κ2) is 10.3. The summed E-state index contributed by atoms with van der Waals surface area (Å²) in [6.45, 7) is 9.33. The van der Waals surface area contributed by atoms with Gasteiger partial charge in [0.1, 0.15) is 5.82 Å². The summed E-state index contributed by atoms with van der Waals surface area (Å²) in [4.78, 5) is 30.6. The molecule has 0 N–H and O–H groups in total. The summed E-state index contributed by atoms with van der Waals surface area (Å²) in [7, 11) is 0. The first kappa shape index (κ1) is 20.4. The third kappa shape index (κ3) is 6.09. The Kier molecular flexibility index (Phi) is 8.04. The zero-order valence-corrected chi connectivity index (χ0v) is 15.9. The lowest BCUT2D eigenvalue weighted by Gasteiger charge is -2.35. The molecule has 5 nitrogen and oxygen atoms in total. The largest absolute Gasteiger partial charge is 0.339 e. The van der Waals surface area contributed by atoms with Gasteiger partial charge in [0, 0.05) is 45.6 Å². The molecule has 1 aliphatic heterocycles. The Labute approximate surface area is 155 Å². The summed E-state index contributed by atoms with van der Waals surface area (Å²) in [6, 6.07) is 6.27. The van der Waals surface area contributed by atoms with E-state index < -0.39 is 0 Å². The van der Waals surface area contributed by atoms with Crippen molar-refractivity contribution in [3.8, 4) is 0 Å². The minimum absolute atomic E-state index is 0.101. The predicted molar refractivity (Wildman–Crippen MR) is 100 cm³/mol. The van der Waals surface area contributed by atoms with Crippen molar-refractivity contribution in [3.05, 3.63) is 35.6 Å². The molecule has 0 radical (unpaired) electrons. The monoisotopic (exact) mass is 363 g/mol. The van der Waals surface area contributed by atoms with Gasteiger partial charge in [0.25, 0.3) is 0 Å². The number of halogens is 1. The molecule has 1 aromatic carbocycles. The summed E-state index contributed by atoms with van der Waals surface area (Å²) in [5.41, 5.74) is 0.963. The molecule has 1 fully saturated rings. The van der Waals surface area contributed by atoms with Gasteiger partial charge in [-0.1, -0.05) is 26.0 Å². The predicted octanol–water partition coefficient (Wildman–Crippen LogP) is 2.16. The molecular formula is C20H30FN3O2. The molecule has 2 rings (SSSR count). The highest BCUT2D eigenvalue weighted by Crippen LogP contribution is 2.10. The van der Waals surface area contributed by atoms with Crippen LogP contribution in [0.1, 0.15) is 32.3 Å². The van der Waals surface area contributed by atoms with E-state index in [-0.39, 0.29) is 17.6 Å². The number of rotatable bonds is 8. The van der Waals surface area contributed by atoms with E-state index in [0.717, 1.165) is 25.2 Å². The van der Waals surface area contributed by atoms with E-state index in [1.807, 2.05) is 9.80 Å². The Morgan fingerprint density at radius 3 is 1.92 bits per heavy atom. The number of piperazine rings is 1. The summed E-state index contributed by atoms with van der Waals surface area (Å²) in [5, 5.41) is 0. The highest BCUT2D eigenvalue weighted by atomic mass is 19.1. The lowest BCUT2D eigenvalue weighted by atomic mass is 10.1. The maximum absolute atomic E-state index is 12.9. The van der Waals surface area contributed by atoms with Crippen molar-refractivity contribution >= 4 is 11.8 Å². The van der Waals surface area contributed by atoms with Gasteiger partial charge in [-0.15, -0.1) is 0 Å². The molecule has 26 heavy (non-hydrogen) atoms. The highest BCUT2D eigenvalue weighted by Gasteiger charge is 2.23. The van der Waals surface area contributed by atoms with E-state index in [2.05, 4.69) is 18.7 Å². The lowest BCUT2D eigenvalue weighted by Crippen LogP contribution is -2.51. The molecule has 1 heterocycles. The Morgan fingerprint density at radius 1 is 0.923 bits per heavy atom. The number of hydrogen-bond acceptors (Lipinski definition) is 3. The standard InChI is InChI=1S/C20H30FN3O2/c1-3-22(4-2)12-11-20(26)24-15-13-23(14-16-24)19(25)10-7-17-5-8-18(21)9-6-17/h5-6,8-9H,3-4,7,10-16H2,1-2H3. The number of carbonyl (C=O) groups excluding carboxylic acids is 2. The number of carbonyl (C=O) groups is 2. The van der Waals surface area contributed by atoms with Gasteiger partial charge in [0.05, 0.1) is 0 Å². The first-order chi connectivity index (χ1) is 12.5. The van der Waals surface area contributed by atoms with Crippen LogP contribution in [0.25, 0.3) is 0 Å². The van der Waals surface area contributed by atoms with E-state index in [0.29, 0.717) is 45.4 Å². The number of hydrogen-bond donors (Lipinski definition) is 0. The van der Waals surface area contributed by atoms with Crippen LogP contribution in [0.4, 0.5) is 4.39 Å². The average molecular weight is 363 g/mol. The third-order valence-corrected chi connectivity index (χ3v) is 5.06. The average Bonchev–Trinajstić information content (AvgIpc) is 2.68. The zero-order valence-electron chi connectivity index (χ0n) is 15.9. The fraction of sp³-hybridized carbons (Fsp3) is 0.600. The van der Waals surface area contributed by atoms with Gasteiger partial charge >= 0.3 is 0 Å². The molecule has 1 aliphatic rings. The smallest absolute Gasteiger partial charge is 0.223 e. The van der Waals surface area contributed by atoms with Crippen LogP contribution in [0.15, 0.2) is 24.3 Å². The fourth-order valence-corrected chi connectivity index (χ4v) is 3.22. The quantitative estimate of drug-likeness (QED) is 0.711. The molecular weight excluding hydrogens is 333 g/mol. The normalized spacial score (nSPS) is 14.8. The van der Waals surface area contributed by atoms with Crippen molar-refractivity contribution in [2.45, 2.75) is 33.1 Å². The summed E-state index contributed by atoms with van der Waals surface area (Å²) < 4.78 is 12.9. The highest BCUT2D eigenvalue weighted by molar-refractivity contribution is 5.78. The van der Waals surface area contributed by atoms with E-state index in [1.54, 1.807) is 12.1 Å². The molecule has 0 spiro atoms. The molecule has 0 aromatic heterocycles. The van der Waals surface area contributed by atoms with Gasteiger partial charge < -0.3 is 14.7 Å². The van der Waals surface area contributed by atoms with Crippen molar-refractivity contribution in [1.82, 2.24) is 14.7 Å². The first-order valence-electron chi connectivity index (χ1n) is 9.55. The van der Waals surface area contributed by atoms with Crippen LogP contribution in [-0.2, 0) is 16.0 Å². The molecule has 2 amide bonds. The van der Waals surface area contributed by atoms with Gasteiger partial charge in [-0.3, -0.25) is 9.59 Å². The van der Waals surface area contributed by atoms with Crippen LogP contribution in [0.2, 0.25) is 0 Å². The third-order valence-electron chi connectivity index (χ3n) is 5.06. The summed E-state index contributed by atoms with van der Waals surface area (Å²) in [5.74, 6) is 0.0155. The molecule has 1 saturated heterocycles. The van der Waals surface area contributed by atoms with E-state index in [1.165, 1.54) is 12.1 Å². The molecule has 0 unspecified atom stereocenters. The topological polar surface area (TPSA) is 43.9 Å². The van der Waals surface area contributed by atoms with Crippen molar-refractivity contribution in [2.24, 2.45) is 0 Å². The number of nitrogens with zero attached hydrogens (tertiary/aromatic N) is 3. The van der Waals surface area contributed by atoms with Crippen LogP contribution in [0, 0.1) is 5.82 Å². The van der Waals surface area contributed by atoms with Crippen molar-refractivity contribution in [1.29, 1.82) is 0 Å². The molecule has 144 valence electrons. The fourth-order valence-electron chi connectivity index (χ4n) is 3.22. The van der Waals surface area contributed by atoms with Gasteiger partial charge in [-0.05, 0) is 37.2 Å². The number of aryl methyl sites for hydroxylation is 1. The Hall–Kier alpha value is -1.95. The molecule has 0 bridgehead atoms. The second-order valence-corrected chi connectivity index (χ2v) is 6.66. The van der Waals surface area contributed by atoms with Gasteiger partial charge in [0.15, 0.2) is 0 Å². The molecule has 0 saturated carbocycles. The van der Waals surface area contributed by atoms with Gasteiger partial charge in [-0.25, -0.2) is 4.39 Å². The Balaban J connectivity index is 1.70.